The normalized spacial score (nSPS) is 14.5. The van der Waals surface area contributed by atoms with Gasteiger partial charge < -0.3 is 10.4 Å². The molecule has 8 heteroatoms. The van der Waals surface area contributed by atoms with Crippen LogP contribution in [-0.4, -0.2) is 49.3 Å². The van der Waals surface area contributed by atoms with Gasteiger partial charge in [0.2, 0.25) is 10.0 Å². The third-order valence-electron chi connectivity index (χ3n) is 3.43. The lowest BCUT2D eigenvalue weighted by Crippen LogP contribution is -2.37. The van der Waals surface area contributed by atoms with E-state index in [9.17, 15) is 18.0 Å². The molecule has 1 amide bonds. The minimum Gasteiger partial charge on any atom is -0.480 e. The van der Waals surface area contributed by atoms with Crippen LogP contribution in [0.1, 0.15) is 29.3 Å². The predicted molar refractivity (Wildman–Crippen MR) is 79.2 cm³/mol. The zero-order valence-corrected chi connectivity index (χ0v) is 13.0. The van der Waals surface area contributed by atoms with E-state index < -0.39 is 22.5 Å². The molecule has 0 saturated heterocycles. The number of carboxylic acid groups (broad SMARTS) is 1. The first-order valence-corrected chi connectivity index (χ1v) is 8.43. The number of hydrogen-bond acceptors (Lipinski definition) is 4. The van der Waals surface area contributed by atoms with E-state index in [1.807, 2.05) is 0 Å². The van der Waals surface area contributed by atoms with Crippen molar-refractivity contribution in [3.63, 3.8) is 0 Å². The molecule has 0 fully saturated rings. The van der Waals surface area contributed by atoms with Crippen molar-refractivity contribution >= 4 is 21.9 Å². The molecule has 0 radical (unpaired) electrons. The van der Waals surface area contributed by atoms with Crippen LogP contribution in [0.5, 0.6) is 0 Å². The molecule has 2 N–H and O–H groups in total. The van der Waals surface area contributed by atoms with Crippen LogP contribution in [0.3, 0.4) is 0 Å². The standard InChI is InChI=1S/C14H18N2O5S/c1-2-7-16(9-13(17)18)22(20,21)11-4-3-10-5-6-15-14(19)12(10)8-11/h3-4,8H,2,5-7,9H2,1H3,(H,15,19)(H,17,18). The van der Waals surface area contributed by atoms with Gasteiger partial charge in [0.15, 0.2) is 0 Å². The van der Waals surface area contributed by atoms with Gasteiger partial charge in [0, 0.05) is 18.7 Å². The van der Waals surface area contributed by atoms with Crippen molar-refractivity contribution in [3.05, 3.63) is 29.3 Å². The Balaban J connectivity index is 2.42. The Bertz CT molecular complexity index is 699. The summed E-state index contributed by atoms with van der Waals surface area (Å²) in [7, 11) is -3.94. The SMILES string of the molecule is CCCN(CC(=O)O)S(=O)(=O)c1ccc2c(c1)C(=O)NCC2. The monoisotopic (exact) mass is 326 g/mol. The van der Waals surface area contributed by atoms with Crippen LogP contribution in [-0.2, 0) is 21.2 Å². The van der Waals surface area contributed by atoms with Gasteiger partial charge in [0.25, 0.3) is 5.91 Å². The van der Waals surface area contributed by atoms with Crippen LogP contribution < -0.4 is 5.32 Å². The van der Waals surface area contributed by atoms with Crippen LogP contribution in [0.2, 0.25) is 0 Å². The van der Waals surface area contributed by atoms with Crippen molar-refractivity contribution in [1.29, 1.82) is 0 Å². The second-order valence-corrected chi connectivity index (χ2v) is 7.00. The van der Waals surface area contributed by atoms with Gasteiger partial charge >= 0.3 is 5.97 Å². The quantitative estimate of drug-likeness (QED) is 0.790. The van der Waals surface area contributed by atoms with Crippen LogP contribution in [0.25, 0.3) is 0 Å². The molecule has 1 aromatic carbocycles. The summed E-state index contributed by atoms with van der Waals surface area (Å²) in [5.41, 5.74) is 1.13. The molecule has 0 aliphatic carbocycles. The summed E-state index contributed by atoms with van der Waals surface area (Å²) in [4.78, 5) is 22.6. The fourth-order valence-electron chi connectivity index (χ4n) is 2.38. The maximum absolute atomic E-state index is 12.6. The van der Waals surface area contributed by atoms with E-state index in [2.05, 4.69) is 5.32 Å². The lowest BCUT2D eigenvalue weighted by atomic mass is 10.0. The molecule has 0 spiro atoms. The van der Waals surface area contributed by atoms with Gasteiger partial charge in [-0.1, -0.05) is 13.0 Å². The zero-order chi connectivity index (χ0) is 16.3. The van der Waals surface area contributed by atoms with Gasteiger partial charge in [0.05, 0.1) is 4.90 Å². The number of rotatable bonds is 6. The fourth-order valence-corrected chi connectivity index (χ4v) is 3.89. The molecule has 1 aromatic rings. The predicted octanol–water partition coefficient (Wildman–Crippen LogP) is 0.458. The van der Waals surface area contributed by atoms with Crippen molar-refractivity contribution in [2.75, 3.05) is 19.6 Å². The summed E-state index contributed by atoms with van der Waals surface area (Å²) in [6.07, 6.45) is 1.15. The summed E-state index contributed by atoms with van der Waals surface area (Å²) in [6, 6.07) is 4.37. The Labute approximate surface area is 129 Å². The van der Waals surface area contributed by atoms with E-state index in [4.69, 9.17) is 5.11 Å². The molecule has 1 aliphatic rings. The zero-order valence-electron chi connectivity index (χ0n) is 12.2. The minimum absolute atomic E-state index is 0.0574. The topological polar surface area (TPSA) is 104 Å². The number of carboxylic acids is 1. The number of benzene rings is 1. The van der Waals surface area contributed by atoms with E-state index in [1.165, 1.54) is 12.1 Å². The van der Waals surface area contributed by atoms with Crippen molar-refractivity contribution in [1.82, 2.24) is 9.62 Å². The number of nitrogens with zero attached hydrogens (tertiary/aromatic N) is 1. The maximum Gasteiger partial charge on any atom is 0.318 e. The third-order valence-corrected chi connectivity index (χ3v) is 5.27. The minimum atomic E-state index is -3.94. The van der Waals surface area contributed by atoms with Gasteiger partial charge in [0.1, 0.15) is 6.54 Å². The molecule has 0 atom stereocenters. The number of aliphatic carboxylic acids is 1. The number of carbonyl (C=O) groups is 2. The molecule has 22 heavy (non-hydrogen) atoms. The molecular weight excluding hydrogens is 308 g/mol. The van der Waals surface area contributed by atoms with E-state index in [1.54, 1.807) is 13.0 Å². The number of hydrogen-bond donors (Lipinski definition) is 2. The Morgan fingerprint density at radius 2 is 2.14 bits per heavy atom. The lowest BCUT2D eigenvalue weighted by molar-refractivity contribution is -0.137. The van der Waals surface area contributed by atoms with Gasteiger partial charge in [-0.3, -0.25) is 9.59 Å². The van der Waals surface area contributed by atoms with Crippen molar-refractivity contribution in [3.8, 4) is 0 Å². The van der Waals surface area contributed by atoms with Crippen molar-refractivity contribution in [2.24, 2.45) is 0 Å². The number of sulfonamides is 1. The first kappa shape index (κ1) is 16.4. The first-order valence-electron chi connectivity index (χ1n) is 6.99. The van der Waals surface area contributed by atoms with Crippen LogP contribution in [0, 0.1) is 0 Å². The second-order valence-electron chi connectivity index (χ2n) is 5.06. The highest BCUT2D eigenvalue weighted by atomic mass is 32.2. The molecule has 0 saturated carbocycles. The summed E-state index contributed by atoms with van der Waals surface area (Å²) in [6.45, 7) is 1.81. The number of carbonyl (C=O) groups excluding carboxylic acids is 1. The van der Waals surface area contributed by atoms with Crippen LogP contribution in [0.4, 0.5) is 0 Å². The average molecular weight is 326 g/mol. The molecule has 1 heterocycles. The molecule has 2 rings (SSSR count). The molecule has 0 unspecified atom stereocenters. The second kappa shape index (κ2) is 6.45. The van der Waals surface area contributed by atoms with Crippen LogP contribution >= 0.6 is 0 Å². The number of nitrogens with one attached hydrogen (secondary N) is 1. The molecule has 120 valence electrons. The Morgan fingerprint density at radius 3 is 2.77 bits per heavy atom. The molecule has 0 bridgehead atoms. The highest BCUT2D eigenvalue weighted by Gasteiger charge is 2.28. The molecule has 7 nitrogen and oxygen atoms in total. The molecule has 1 aliphatic heterocycles. The largest absolute Gasteiger partial charge is 0.480 e. The lowest BCUT2D eigenvalue weighted by Gasteiger charge is -2.22. The van der Waals surface area contributed by atoms with E-state index in [0.29, 0.717) is 24.9 Å². The Hall–Kier alpha value is -1.93. The van der Waals surface area contributed by atoms with Gasteiger partial charge in [-0.15, -0.1) is 0 Å². The Kier molecular flexibility index (Phi) is 4.82. The average Bonchev–Trinajstić information content (AvgIpc) is 2.46. The first-order chi connectivity index (χ1) is 10.4. The molecule has 0 aromatic heterocycles. The highest BCUT2D eigenvalue weighted by Crippen LogP contribution is 2.22. The number of amides is 1. The van der Waals surface area contributed by atoms with Gasteiger partial charge in [-0.25, -0.2) is 8.42 Å². The van der Waals surface area contributed by atoms with Crippen molar-refractivity contribution in [2.45, 2.75) is 24.7 Å². The van der Waals surface area contributed by atoms with Gasteiger partial charge in [-0.05, 0) is 30.5 Å². The summed E-state index contributed by atoms with van der Waals surface area (Å²) in [5.74, 6) is -1.52. The third kappa shape index (κ3) is 3.28. The van der Waals surface area contributed by atoms with Crippen LogP contribution in [0.15, 0.2) is 23.1 Å². The van der Waals surface area contributed by atoms with E-state index >= 15 is 0 Å². The summed E-state index contributed by atoms with van der Waals surface area (Å²) >= 11 is 0. The summed E-state index contributed by atoms with van der Waals surface area (Å²) < 4.78 is 26.1. The molecular formula is C14H18N2O5S. The van der Waals surface area contributed by atoms with Crippen molar-refractivity contribution < 1.29 is 23.1 Å². The highest BCUT2D eigenvalue weighted by molar-refractivity contribution is 7.89. The maximum atomic E-state index is 12.6. The smallest absolute Gasteiger partial charge is 0.318 e. The fraction of sp³-hybridized carbons (Fsp3) is 0.429. The summed E-state index contributed by atoms with van der Waals surface area (Å²) in [5, 5.41) is 11.5. The number of fused-ring (bicyclic) bond motifs is 1. The van der Waals surface area contributed by atoms with E-state index in [-0.39, 0.29) is 17.3 Å². The van der Waals surface area contributed by atoms with Gasteiger partial charge in [-0.2, -0.15) is 4.31 Å². The van der Waals surface area contributed by atoms with E-state index in [0.717, 1.165) is 9.87 Å². The Morgan fingerprint density at radius 1 is 1.41 bits per heavy atom.